The molecule has 0 saturated carbocycles. The molecule has 0 saturated heterocycles. The minimum absolute atomic E-state index is 0.0486. The number of methoxy groups -OCH3 is 1. The van der Waals surface area contributed by atoms with Gasteiger partial charge in [-0.05, 0) is 12.1 Å². The number of aliphatic hydroxyl groups excluding tert-OH is 1. The molecule has 7 nitrogen and oxygen atoms in total. The second kappa shape index (κ2) is 8.17. The molecule has 1 aromatic heterocycles. The number of nitrogens with two attached hydrogens (primary N) is 1. The molecular weight excluding hydrogens is 334 g/mol. The minimum Gasteiger partial charge on any atom is -0.493 e. The molecule has 0 fully saturated rings. The Morgan fingerprint density at radius 1 is 0.962 bits per heavy atom. The highest BCUT2D eigenvalue weighted by atomic mass is 16.5. The van der Waals surface area contributed by atoms with Crippen molar-refractivity contribution in [2.75, 3.05) is 26.1 Å². The summed E-state index contributed by atoms with van der Waals surface area (Å²) in [5.74, 6) is 1.83. The lowest BCUT2D eigenvalue weighted by Crippen LogP contribution is -2.08. The number of hydrogen-bond donors (Lipinski definition) is 2. The molecule has 0 aliphatic rings. The molecule has 0 atom stereocenters. The first kappa shape index (κ1) is 17.5. The van der Waals surface area contributed by atoms with Crippen molar-refractivity contribution in [3.63, 3.8) is 0 Å². The fourth-order valence-electron chi connectivity index (χ4n) is 2.31. The molecular formula is C19H19N3O4. The average molecular weight is 353 g/mol. The van der Waals surface area contributed by atoms with Crippen LogP contribution >= 0.6 is 0 Å². The van der Waals surface area contributed by atoms with Crippen LogP contribution in [0.15, 0.2) is 54.6 Å². The van der Waals surface area contributed by atoms with Crippen molar-refractivity contribution in [1.29, 1.82) is 0 Å². The highest BCUT2D eigenvalue weighted by molar-refractivity contribution is 5.63. The van der Waals surface area contributed by atoms with Crippen molar-refractivity contribution < 1.29 is 19.3 Å². The second-order valence-corrected chi connectivity index (χ2v) is 5.26. The molecule has 0 unspecified atom stereocenters. The zero-order valence-corrected chi connectivity index (χ0v) is 14.3. The lowest BCUT2D eigenvalue weighted by molar-refractivity contribution is 0.192. The van der Waals surface area contributed by atoms with E-state index in [1.807, 2.05) is 42.5 Å². The van der Waals surface area contributed by atoms with Gasteiger partial charge >= 0.3 is 0 Å². The lowest BCUT2D eigenvalue weighted by Gasteiger charge is -2.15. The predicted molar refractivity (Wildman–Crippen MR) is 97.5 cm³/mol. The van der Waals surface area contributed by atoms with E-state index < -0.39 is 0 Å². The molecule has 3 aromatic rings. The van der Waals surface area contributed by atoms with Gasteiger partial charge in [0.25, 0.3) is 5.88 Å². The average Bonchev–Trinajstić information content (AvgIpc) is 2.69. The SMILES string of the molecule is COc1ccccc1Oc1c(N)nc(-c2ccccc2)nc1OCCO. The monoisotopic (exact) mass is 353 g/mol. The van der Waals surface area contributed by atoms with Crippen molar-refractivity contribution in [3.05, 3.63) is 54.6 Å². The van der Waals surface area contributed by atoms with Gasteiger partial charge in [0.2, 0.25) is 5.75 Å². The predicted octanol–water partition coefficient (Wildman–Crippen LogP) is 2.90. The summed E-state index contributed by atoms with van der Waals surface area (Å²) in [7, 11) is 1.55. The van der Waals surface area contributed by atoms with E-state index in [2.05, 4.69) is 9.97 Å². The van der Waals surface area contributed by atoms with Crippen LogP contribution in [-0.2, 0) is 0 Å². The first-order chi connectivity index (χ1) is 12.7. The van der Waals surface area contributed by atoms with Gasteiger partial charge in [0.15, 0.2) is 23.1 Å². The lowest BCUT2D eigenvalue weighted by atomic mass is 10.2. The summed E-state index contributed by atoms with van der Waals surface area (Å²) in [6, 6.07) is 16.5. The summed E-state index contributed by atoms with van der Waals surface area (Å²) in [6.07, 6.45) is 0. The topological polar surface area (TPSA) is 99.7 Å². The highest BCUT2D eigenvalue weighted by Gasteiger charge is 2.19. The third kappa shape index (κ3) is 3.84. The van der Waals surface area contributed by atoms with Crippen LogP contribution in [0, 0.1) is 0 Å². The molecule has 3 N–H and O–H groups in total. The van der Waals surface area contributed by atoms with Crippen LogP contribution in [0.2, 0.25) is 0 Å². The Labute approximate surface area is 151 Å². The normalized spacial score (nSPS) is 10.4. The van der Waals surface area contributed by atoms with Crippen molar-refractivity contribution in [1.82, 2.24) is 9.97 Å². The number of benzene rings is 2. The first-order valence-electron chi connectivity index (χ1n) is 8.00. The molecule has 0 aliphatic carbocycles. The number of ether oxygens (including phenoxy) is 3. The Morgan fingerprint density at radius 3 is 2.35 bits per heavy atom. The van der Waals surface area contributed by atoms with Gasteiger partial charge in [-0.15, -0.1) is 0 Å². The molecule has 1 heterocycles. The molecule has 2 aromatic carbocycles. The van der Waals surface area contributed by atoms with Gasteiger partial charge in [-0.2, -0.15) is 4.98 Å². The molecule has 134 valence electrons. The number of rotatable bonds is 7. The maximum absolute atomic E-state index is 9.09. The standard InChI is InChI=1S/C19H19N3O4/c1-24-14-9-5-6-10-15(14)26-16-17(20)21-18(13-7-3-2-4-8-13)22-19(16)25-12-11-23/h2-10,23H,11-12H2,1H3,(H2,20,21,22). The summed E-state index contributed by atoms with van der Waals surface area (Å²) in [6.45, 7) is -0.119. The summed E-state index contributed by atoms with van der Waals surface area (Å²) >= 11 is 0. The van der Waals surface area contributed by atoms with Crippen LogP contribution in [0.3, 0.4) is 0 Å². The number of anilines is 1. The van der Waals surface area contributed by atoms with Gasteiger partial charge < -0.3 is 25.1 Å². The largest absolute Gasteiger partial charge is 0.493 e. The van der Waals surface area contributed by atoms with E-state index in [4.69, 9.17) is 25.1 Å². The van der Waals surface area contributed by atoms with Crippen molar-refractivity contribution in [2.24, 2.45) is 0 Å². The Hall–Kier alpha value is -3.32. The summed E-state index contributed by atoms with van der Waals surface area (Å²) in [5.41, 5.74) is 6.90. The van der Waals surface area contributed by atoms with E-state index >= 15 is 0 Å². The van der Waals surface area contributed by atoms with Gasteiger partial charge in [0.1, 0.15) is 6.61 Å². The highest BCUT2D eigenvalue weighted by Crippen LogP contribution is 2.39. The van der Waals surface area contributed by atoms with Crippen LogP contribution < -0.4 is 19.9 Å². The third-order valence-electron chi connectivity index (χ3n) is 3.50. The van der Waals surface area contributed by atoms with Gasteiger partial charge in [0.05, 0.1) is 13.7 Å². The van der Waals surface area contributed by atoms with Crippen LogP contribution in [-0.4, -0.2) is 35.4 Å². The molecule has 26 heavy (non-hydrogen) atoms. The van der Waals surface area contributed by atoms with Crippen LogP contribution in [0.25, 0.3) is 11.4 Å². The van der Waals surface area contributed by atoms with Gasteiger partial charge in [-0.3, -0.25) is 0 Å². The number of aromatic nitrogens is 2. The van der Waals surface area contributed by atoms with Crippen LogP contribution in [0.5, 0.6) is 23.1 Å². The summed E-state index contributed by atoms with van der Waals surface area (Å²) in [4.78, 5) is 8.72. The molecule has 0 radical (unpaired) electrons. The van der Waals surface area contributed by atoms with Crippen molar-refractivity contribution >= 4 is 5.82 Å². The van der Waals surface area contributed by atoms with Gasteiger partial charge in [-0.1, -0.05) is 42.5 Å². The number of hydrogen-bond acceptors (Lipinski definition) is 7. The van der Waals surface area contributed by atoms with E-state index in [1.165, 1.54) is 0 Å². The van der Waals surface area contributed by atoms with Crippen LogP contribution in [0.4, 0.5) is 5.82 Å². The second-order valence-electron chi connectivity index (χ2n) is 5.26. The molecule has 3 rings (SSSR count). The maximum atomic E-state index is 9.09. The zero-order valence-electron chi connectivity index (χ0n) is 14.3. The Kier molecular flexibility index (Phi) is 5.50. The molecule has 0 aliphatic heterocycles. The number of para-hydroxylation sites is 2. The fraction of sp³-hybridized carbons (Fsp3) is 0.158. The number of aliphatic hydroxyl groups is 1. The Balaban J connectivity index is 2.03. The third-order valence-corrected chi connectivity index (χ3v) is 3.50. The first-order valence-corrected chi connectivity index (χ1v) is 8.00. The molecule has 7 heteroatoms. The van der Waals surface area contributed by atoms with E-state index in [9.17, 15) is 0 Å². The Bertz CT molecular complexity index is 872. The molecule has 0 amide bonds. The van der Waals surface area contributed by atoms with E-state index in [1.54, 1.807) is 19.2 Å². The van der Waals surface area contributed by atoms with Gasteiger partial charge in [0, 0.05) is 5.56 Å². The van der Waals surface area contributed by atoms with Crippen LogP contribution in [0.1, 0.15) is 0 Å². The van der Waals surface area contributed by atoms with Crippen molar-refractivity contribution in [2.45, 2.75) is 0 Å². The zero-order chi connectivity index (χ0) is 18.4. The quantitative estimate of drug-likeness (QED) is 0.673. The van der Waals surface area contributed by atoms with E-state index in [0.29, 0.717) is 17.3 Å². The fourth-order valence-corrected chi connectivity index (χ4v) is 2.31. The molecule has 0 spiro atoms. The minimum atomic E-state index is -0.168. The van der Waals surface area contributed by atoms with E-state index in [0.717, 1.165) is 5.56 Å². The summed E-state index contributed by atoms with van der Waals surface area (Å²) < 4.78 is 16.7. The van der Waals surface area contributed by atoms with Crippen molar-refractivity contribution in [3.8, 4) is 34.5 Å². The number of nitrogens with zero attached hydrogens (tertiary/aromatic N) is 2. The maximum Gasteiger partial charge on any atom is 0.263 e. The Morgan fingerprint density at radius 2 is 1.65 bits per heavy atom. The molecule has 0 bridgehead atoms. The van der Waals surface area contributed by atoms with Gasteiger partial charge in [-0.25, -0.2) is 4.98 Å². The summed E-state index contributed by atoms with van der Waals surface area (Å²) in [5, 5.41) is 9.09. The van der Waals surface area contributed by atoms with E-state index in [-0.39, 0.29) is 30.7 Å². The number of nitrogen functional groups attached to an aromatic ring is 1. The smallest absolute Gasteiger partial charge is 0.263 e.